The van der Waals surface area contributed by atoms with E-state index in [0.29, 0.717) is 0 Å². The van der Waals surface area contributed by atoms with E-state index in [4.69, 9.17) is 0 Å². The zero-order chi connectivity index (χ0) is 34.6. The first-order valence-corrected chi connectivity index (χ1v) is 19.1. The molecule has 3 heteroatoms. The fourth-order valence-electron chi connectivity index (χ4n) is 9.08. The van der Waals surface area contributed by atoms with Crippen LogP contribution in [0.1, 0.15) is 47.2 Å². The quantitative estimate of drug-likeness (QED) is 0.165. The summed E-state index contributed by atoms with van der Waals surface area (Å²) in [6.45, 7) is 0. The average Bonchev–Trinajstić information content (AvgIpc) is 3.70. The molecule has 10 rings (SSSR count). The number of hydrogen-bond donors (Lipinski definition) is 0. The van der Waals surface area contributed by atoms with E-state index in [1.54, 1.807) is 0 Å². The second-order valence-corrected chi connectivity index (χ2v) is 14.9. The first-order chi connectivity index (χ1) is 25.7. The van der Waals surface area contributed by atoms with Crippen LogP contribution in [0.5, 0.6) is 0 Å². The van der Waals surface area contributed by atoms with Crippen molar-refractivity contribution in [3.63, 3.8) is 0 Å². The van der Waals surface area contributed by atoms with Gasteiger partial charge < -0.3 is 9.47 Å². The van der Waals surface area contributed by atoms with Gasteiger partial charge in [-0.25, -0.2) is 0 Å². The number of aryl methyl sites for hydroxylation is 1. The minimum absolute atomic E-state index is 0.430. The molecule has 0 N–H and O–H groups in total. The Morgan fingerprint density at radius 3 is 2.17 bits per heavy atom. The van der Waals surface area contributed by atoms with Gasteiger partial charge in [0.25, 0.3) is 0 Å². The van der Waals surface area contributed by atoms with Crippen LogP contribution in [0, 0.1) is 0 Å². The Kier molecular flexibility index (Phi) is 7.51. The van der Waals surface area contributed by atoms with Gasteiger partial charge in [0, 0.05) is 38.3 Å². The van der Waals surface area contributed by atoms with Gasteiger partial charge in [-0.05, 0) is 119 Å². The van der Waals surface area contributed by atoms with Crippen molar-refractivity contribution >= 4 is 50.0 Å². The fourth-order valence-corrected chi connectivity index (χ4v) is 9.55. The van der Waals surface area contributed by atoms with Gasteiger partial charge in [-0.15, -0.1) is 0 Å². The van der Waals surface area contributed by atoms with E-state index >= 15 is 0 Å². The molecule has 2 nitrogen and oxygen atoms in total. The van der Waals surface area contributed by atoms with Gasteiger partial charge in [0.2, 0.25) is 0 Å². The summed E-state index contributed by atoms with van der Waals surface area (Å²) >= 11 is 3.97. The van der Waals surface area contributed by atoms with E-state index in [1.165, 1.54) is 55.6 Å². The van der Waals surface area contributed by atoms with Crippen LogP contribution in [0.3, 0.4) is 0 Å². The molecule has 7 aromatic rings. The van der Waals surface area contributed by atoms with Gasteiger partial charge in [-0.1, -0.05) is 137 Å². The van der Waals surface area contributed by atoms with E-state index in [0.717, 1.165) is 52.9 Å². The number of anilines is 3. The number of halogens is 1. The molecular weight excluding hydrogens is 696 g/mol. The van der Waals surface area contributed by atoms with E-state index in [2.05, 4.69) is 201 Å². The topological polar surface area (TPSA) is 8.17 Å². The molecule has 0 spiro atoms. The Labute approximate surface area is 313 Å². The third-order valence-corrected chi connectivity index (χ3v) is 11.6. The molecule has 0 bridgehead atoms. The lowest BCUT2D eigenvalue weighted by Crippen LogP contribution is -2.29. The van der Waals surface area contributed by atoms with E-state index in [9.17, 15) is 0 Å². The Morgan fingerprint density at radius 2 is 1.33 bits per heavy atom. The maximum Gasteiger partial charge on any atom is 0.0711 e. The summed E-state index contributed by atoms with van der Waals surface area (Å²) < 4.78 is 3.48. The third-order valence-electron chi connectivity index (χ3n) is 11.2. The van der Waals surface area contributed by atoms with E-state index in [-0.39, 0.29) is 0 Å². The second kappa shape index (κ2) is 12.5. The SMILES string of the molecule is Brc1cc(N(c2ccccc2)c2ccc3c(c2)C(C2=CCCC=C2)(c2ccccc2)c2ccccc2-3)cc(-n2c3c(c4ccccc42)CCC=C3)c1. The predicted octanol–water partition coefficient (Wildman–Crippen LogP) is 13.4. The normalized spacial score (nSPS) is 17.1. The summed E-state index contributed by atoms with van der Waals surface area (Å²) in [6.07, 6.45) is 16.1. The highest BCUT2D eigenvalue weighted by Crippen LogP contribution is 2.58. The monoisotopic (exact) mass is 732 g/mol. The van der Waals surface area contributed by atoms with Gasteiger partial charge in [0.1, 0.15) is 0 Å². The fraction of sp³-hybridized carbons (Fsp3) is 0.102. The predicted molar refractivity (Wildman–Crippen MR) is 221 cm³/mol. The smallest absolute Gasteiger partial charge is 0.0711 e. The largest absolute Gasteiger partial charge is 0.310 e. The number of para-hydroxylation sites is 2. The molecular formula is C49H37BrN2. The minimum Gasteiger partial charge on any atom is -0.310 e. The van der Waals surface area contributed by atoms with Crippen LogP contribution in [0.25, 0.3) is 33.8 Å². The highest BCUT2D eigenvalue weighted by molar-refractivity contribution is 9.10. The Hall–Kier alpha value is -5.64. The Morgan fingerprint density at radius 1 is 0.577 bits per heavy atom. The van der Waals surface area contributed by atoms with Crippen molar-refractivity contribution in [2.75, 3.05) is 4.90 Å². The summed E-state index contributed by atoms with van der Waals surface area (Å²) in [5.74, 6) is 0. The van der Waals surface area contributed by atoms with Crippen LogP contribution in [0.2, 0.25) is 0 Å². The van der Waals surface area contributed by atoms with Gasteiger partial charge in [0.05, 0.1) is 10.9 Å². The number of hydrogen-bond acceptors (Lipinski definition) is 1. The van der Waals surface area contributed by atoms with Crippen LogP contribution in [-0.2, 0) is 11.8 Å². The van der Waals surface area contributed by atoms with Gasteiger partial charge >= 0.3 is 0 Å². The number of allylic oxidation sites excluding steroid dienone is 5. The second-order valence-electron chi connectivity index (χ2n) is 14.0. The van der Waals surface area contributed by atoms with Crippen LogP contribution >= 0.6 is 15.9 Å². The number of rotatable bonds is 6. The summed E-state index contributed by atoms with van der Waals surface area (Å²) in [6, 6.07) is 53.8. The Balaban J connectivity index is 1.22. The van der Waals surface area contributed by atoms with Crippen molar-refractivity contribution in [2.24, 2.45) is 0 Å². The van der Waals surface area contributed by atoms with Crippen LogP contribution in [-0.4, -0.2) is 4.57 Å². The zero-order valence-electron chi connectivity index (χ0n) is 28.8. The zero-order valence-corrected chi connectivity index (χ0v) is 30.4. The first kappa shape index (κ1) is 31.1. The highest BCUT2D eigenvalue weighted by atomic mass is 79.9. The first-order valence-electron chi connectivity index (χ1n) is 18.3. The van der Waals surface area contributed by atoms with Crippen molar-refractivity contribution in [1.29, 1.82) is 0 Å². The lowest BCUT2D eigenvalue weighted by Gasteiger charge is -2.36. The summed E-state index contributed by atoms with van der Waals surface area (Å²) in [5, 5.41) is 1.34. The molecule has 250 valence electrons. The van der Waals surface area contributed by atoms with Gasteiger partial charge in [-0.2, -0.15) is 0 Å². The van der Waals surface area contributed by atoms with E-state index in [1.807, 2.05) is 0 Å². The average molecular weight is 734 g/mol. The third kappa shape index (κ3) is 4.76. The maximum absolute atomic E-state index is 3.97. The van der Waals surface area contributed by atoms with Crippen LogP contribution < -0.4 is 4.90 Å². The molecule has 6 aromatic carbocycles. The molecule has 3 aliphatic rings. The molecule has 0 fully saturated rings. The molecule has 52 heavy (non-hydrogen) atoms. The molecule has 1 heterocycles. The molecule has 1 atom stereocenters. The number of nitrogens with zero attached hydrogens (tertiary/aromatic N) is 2. The lowest BCUT2D eigenvalue weighted by molar-refractivity contribution is 0.751. The highest BCUT2D eigenvalue weighted by Gasteiger charge is 2.47. The number of benzene rings is 6. The molecule has 1 aromatic heterocycles. The van der Waals surface area contributed by atoms with Gasteiger partial charge in [0.15, 0.2) is 0 Å². The summed E-state index contributed by atoms with van der Waals surface area (Å²) in [7, 11) is 0. The van der Waals surface area contributed by atoms with Crippen molar-refractivity contribution in [1.82, 2.24) is 4.57 Å². The van der Waals surface area contributed by atoms with Crippen molar-refractivity contribution in [3.8, 4) is 16.8 Å². The number of aromatic nitrogens is 1. The summed E-state index contributed by atoms with van der Waals surface area (Å²) in [4.78, 5) is 2.42. The standard InChI is InChI=1S/C49H37BrN2/c50-36-30-39(32-40(31-36)52-47-26-14-11-23-43(47)44-24-12-15-27-48(44)52)51(37-20-8-3-9-21-37)38-28-29-42-41-22-10-13-25-45(41)49(46(42)33-38,34-16-4-1-5-17-34)35-18-6-2-7-19-35/h1,3-6,8-11,13-23,25-33H,2,7,12,24H2. The molecule has 1 unspecified atom stereocenters. The number of fused-ring (bicyclic) bond motifs is 6. The van der Waals surface area contributed by atoms with Crippen molar-refractivity contribution in [2.45, 2.75) is 31.1 Å². The van der Waals surface area contributed by atoms with E-state index < -0.39 is 5.41 Å². The van der Waals surface area contributed by atoms with Crippen molar-refractivity contribution in [3.05, 3.63) is 208 Å². The maximum atomic E-state index is 3.97. The molecule has 3 aliphatic carbocycles. The molecule has 0 amide bonds. The Bertz CT molecular complexity index is 2590. The minimum atomic E-state index is -0.430. The van der Waals surface area contributed by atoms with Gasteiger partial charge in [-0.3, -0.25) is 0 Å². The molecule has 0 radical (unpaired) electrons. The molecule has 0 saturated heterocycles. The molecule has 0 aliphatic heterocycles. The van der Waals surface area contributed by atoms with Crippen LogP contribution in [0.15, 0.2) is 180 Å². The summed E-state index contributed by atoms with van der Waals surface area (Å²) in [5.41, 5.74) is 15.9. The van der Waals surface area contributed by atoms with Crippen molar-refractivity contribution < 1.29 is 0 Å². The molecule has 0 saturated carbocycles. The van der Waals surface area contributed by atoms with Crippen LogP contribution in [0.4, 0.5) is 17.1 Å². The lowest BCUT2D eigenvalue weighted by atomic mass is 9.66.